The molecule has 3 rings (SSSR count). The summed E-state index contributed by atoms with van der Waals surface area (Å²) in [5.41, 5.74) is 0.878. The van der Waals surface area contributed by atoms with Crippen LogP contribution >= 0.6 is 0 Å². The number of aromatic nitrogens is 2. The van der Waals surface area contributed by atoms with Crippen LogP contribution < -0.4 is 5.32 Å². The van der Waals surface area contributed by atoms with Crippen molar-refractivity contribution in [2.45, 2.75) is 31.8 Å². The average molecular weight is 345 g/mol. The molecule has 2 heterocycles. The number of carbonyl (C=O) groups is 1. The third-order valence-electron chi connectivity index (χ3n) is 3.97. The van der Waals surface area contributed by atoms with E-state index in [0.717, 1.165) is 31.4 Å². The predicted octanol–water partition coefficient (Wildman–Crippen LogP) is 1.98. The Balaban J connectivity index is 1.32. The molecule has 7 nitrogen and oxygen atoms in total. The molecule has 134 valence electrons. The number of benzene rings is 1. The van der Waals surface area contributed by atoms with E-state index in [2.05, 4.69) is 15.5 Å². The number of nitrogens with zero attached hydrogens (tertiary/aromatic N) is 2. The minimum atomic E-state index is -0.150. The largest absolute Gasteiger partial charge is 0.376 e. The monoisotopic (exact) mass is 345 g/mol. The van der Waals surface area contributed by atoms with E-state index in [0.29, 0.717) is 31.3 Å². The lowest BCUT2D eigenvalue weighted by molar-refractivity contribution is -0.127. The fourth-order valence-electron chi connectivity index (χ4n) is 2.64. The number of ether oxygens (including phenoxy) is 2. The van der Waals surface area contributed by atoms with Crippen molar-refractivity contribution in [1.29, 1.82) is 0 Å². The second-order valence-electron chi connectivity index (χ2n) is 5.99. The van der Waals surface area contributed by atoms with Crippen molar-refractivity contribution in [2.24, 2.45) is 0 Å². The van der Waals surface area contributed by atoms with Crippen molar-refractivity contribution >= 4 is 5.91 Å². The number of carbonyl (C=O) groups excluding carboxylic acids is 1. The van der Waals surface area contributed by atoms with Gasteiger partial charge in [-0.15, -0.1) is 0 Å². The maximum atomic E-state index is 11.8. The molecule has 0 saturated carbocycles. The average Bonchev–Trinajstić information content (AvgIpc) is 3.12. The highest BCUT2D eigenvalue weighted by molar-refractivity contribution is 5.77. The molecule has 25 heavy (non-hydrogen) atoms. The summed E-state index contributed by atoms with van der Waals surface area (Å²) in [4.78, 5) is 16.1. The van der Waals surface area contributed by atoms with Crippen LogP contribution in [0.5, 0.6) is 0 Å². The van der Waals surface area contributed by atoms with Crippen molar-refractivity contribution in [3.63, 3.8) is 0 Å². The zero-order chi connectivity index (χ0) is 17.3. The van der Waals surface area contributed by atoms with Gasteiger partial charge < -0.3 is 19.3 Å². The second kappa shape index (κ2) is 9.29. The summed E-state index contributed by atoms with van der Waals surface area (Å²) in [6.45, 7) is 1.74. The molecule has 0 spiro atoms. The first-order chi connectivity index (χ1) is 12.3. The minimum absolute atomic E-state index is 0.0430. The zero-order valence-corrected chi connectivity index (χ0v) is 14.1. The molecule has 1 amide bonds. The Morgan fingerprint density at radius 2 is 2.16 bits per heavy atom. The van der Waals surface area contributed by atoms with Gasteiger partial charge in [-0.25, -0.2) is 0 Å². The Labute approximate surface area is 146 Å². The molecule has 1 fully saturated rings. The maximum Gasteiger partial charge on any atom is 0.257 e. The van der Waals surface area contributed by atoms with Crippen LogP contribution in [0.2, 0.25) is 0 Å². The van der Waals surface area contributed by atoms with E-state index >= 15 is 0 Å². The van der Waals surface area contributed by atoms with E-state index in [4.69, 9.17) is 14.0 Å². The van der Waals surface area contributed by atoms with Gasteiger partial charge in [0.25, 0.3) is 5.89 Å². The van der Waals surface area contributed by atoms with Crippen LogP contribution in [-0.4, -0.2) is 48.5 Å². The Kier molecular flexibility index (Phi) is 6.53. The van der Waals surface area contributed by atoms with Crippen LogP contribution in [0.1, 0.15) is 25.1 Å². The fraction of sp³-hybridized carbons (Fsp3) is 0.500. The maximum absolute atomic E-state index is 11.8. The summed E-state index contributed by atoms with van der Waals surface area (Å²) in [5.74, 6) is 0.899. The molecule has 2 aromatic rings. The van der Waals surface area contributed by atoms with Crippen LogP contribution in [0.15, 0.2) is 34.9 Å². The highest BCUT2D eigenvalue weighted by atomic mass is 16.5. The minimum Gasteiger partial charge on any atom is -0.376 e. The lowest BCUT2D eigenvalue weighted by Gasteiger charge is -2.22. The van der Waals surface area contributed by atoms with Crippen LogP contribution in [0.25, 0.3) is 11.5 Å². The fourth-order valence-corrected chi connectivity index (χ4v) is 2.64. The van der Waals surface area contributed by atoms with Crippen LogP contribution in [-0.2, 0) is 20.7 Å². The molecule has 7 heteroatoms. The summed E-state index contributed by atoms with van der Waals surface area (Å²) < 4.78 is 16.2. The topological polar surface area (TPSA) is 86.5 Å². The Morgan fingerprint density at radius 1 is 1.28 bits per heavy atom. The zero-order valence-electron chi connectivity index (χ0n) is 14.1. The lowest BCUT2D eigenvalue weighted by Crippen LogP contribution is -2.32. The SMILES string of the molecule is O=C(COC[C@@H]1CCCCO1)NCCc1noc(-c2ccccc2)n1. The second-order valence-corrected chi connectivity index (χ2v) is 5.99. The van der Waals surface area contributed by atoms with Gasteiger partial charge in [0.1, 0.15) is 6.61 Å². The van der Waals surface area contributed by atoms with E-state index < -0.39 is 0 Å². The van der Waals surface area contributed by atoms with Gasteiger partial charge in [0, 0.05) is 25.1 Å². The molecule has 1 aliphatic heterocycles. The van der Waals surface area contributed by atoms with Gasteiger partial charge in [-0.2, -0.15) is 4.98 Å². The summed E-state index contributed by atoms with van der Waals surface area (Å²) in [6, 6.07) is 9.58. The van der Waals surface area contributed by atoms with Gasteiger partial charge in [-0.3, -0.25) is 4.79 Å². The van der Waals surface area contributed by atoms with Crippen LogP contribution in [0.3, 0.4) is 0 Å². The van der Waals surface area contributed by atoms with E-state index in [9.17, 15) is 4.79 Å². The standard InChI is InChI=1S/C18H23N3O4/c22-17(13-23-12-15-8-4-5-11-24-15)19-10-9-16-20-18(25-21-16)14-6-2-1-3-7-14/h1-3,6-7,15H,4-5,8-13H2,(H,19,22)/t15-/m0/s1. The van der Waals surface area contributed by atoms with Crippen molar-refractivity contribution in [2.75, 3.05) is 26.4 Å². The summed E-state index contributed by atoms with van der Waals surface area (Å²) >= 11 is 0. The van der Waals surface area contributed by atoms with Gasteiger partial charge in [0.05, 0.1) is 12.7 Å². The van der Waals surface area contributed by atoms with Crippen molar-refractivity contribution in [3.8, 4) is 11.5 Å². The first-order valence-electron chi connectivity index (χ1n) is 8.65. The van der Waals surface area contributed by atoms with E-state index in [1.54, 1.807) is 0 Å². The molecule has 1 aromatic carbocycles. The summed E-state index contributed by atoms with van der Waals surface area (Å²) in [5, 5.41) is 6.72. The number of hydrogen-bond donors (Lipinski definition) is 1. The number of nitrogens with one attached hydrogen (secondary N) is 1. The lowest BCUT2D eigenvalue weighted by atomic mass is 10.1. The highest BCUT2D eigenvalue weighted by Crippen LogP contribution is 2.16. The molecule has 0 bridgehead atoms. The number of rotatable bonds is 8. The van der Waals surface area contributed by atoms with Crippen molar-refractivity contribution in [3.05, 3.63) is 36.2 Å². The molecule has 1 aromatic heterocycles. The van der Waals surface area contributed by atoms with Gasteiger partial charge in [0.2, 0.25) is 5.91 Å². The first kappa shape index (κ1) is 17.6. The quantitative estimate of drug-likeness (QED) is 0.787. The summed E-state index contributed by atoms with van der Waals surface area (Å²) in [6.07, 6.45) is 3.91. The van der Waals surface area contributed by atoms with E-state index in [-0.39, 0.29) is 18.6 Å². The predicted molar refractivity (Wildman–Crippen MR) is 90.9 cm³/mol. The summed E-state index contributed by atoms with van der Waals surface area (Å²) in [7, 11) is 0. The highest BCUT2D eigenvalue weighted by Gasteiger charge is 2.14. The third kappa shape index (κ3) is 5.65. The number of hydrogen-bond acceptors (Lipinski definition) is 6. The van der Waals surface area contributed by atoms with E-state index in [1.165, 1.54) is 0 Å². The molecule has 0 radical (unpaired) electrons. The van der Waals surface area contributed by atoms with Crippen molar-refractivity contribution in [1.82, 2.24) is 15.5 Å². The van der Waals surface area contributed by atoms with Gasteiger partial charge >= 0.3 is 0 Å². The van der Waals surface area contributed by atoms with Gasteiger partial charge in [-0.1, -0.05) is 23.4 Å². The Bertz CT molecular complexity index is 653. The van der Waals surface area contributed by atoms with Gasteiger partial charge in [-0.05, 0) is 31.4 Å². The van der Waals surface area contributed by atoms with Crippen LogP contribution in [0.4, 0.5) is 0 Å². The molecule has 1 atom stereocenters. The molecule has 0 aliphatic carbocycles. The molecular weight excluding hydrogens is 322 g/mol. The van der Waals surface area contributed by atoms with Crippen LogP contribution in [0, 0.1) is 0 Å². The van der Waals surface area contributed by atoms with E-state index in [1.807, 2.05) is 30.3 Å². The molecule has 1 saturated heterocycles. The number of amides is 1. The normalized spacial score (nSPS) is 17.4. The van der Waals surface area contributed by atoms with Gasteiger partial charge in [0.15, 0.2) is 5.82 Å². The molecule has 0 unspecified atom stereocenters. The smallest absolute Gasteiger partial charge is 0.257 e. The molecule has 1 N–H and O–H groups in total. The Morgan fingerprint density at radius 3 is 2.96 bits per heavy atom. The molecular formula is C18H23N3O4. The first-order valence-corrected chi connectivity index (χ1v) is 8.65. The Hall–Kier alpha value is -2.25. The van der Waals surface area contributed by atoms with Crippen molar-refractivity contribution < 1.29 is 18.8 Å². The third-order valence-corrected chi connectivity index (χ3v) is 3.97. The molecule has 1 aliphatic rings.